The van der Waals surface area contributed by atoms with E-state index in [0.29, 0.717) is 16.9 Å². The summed E-state index contributed by atoms with van der Waals surface area (Å²) >= 11 is 0. The molecule has 1 aromatic carbocycles. The predicted molar refractivity (Wildman–Crippen MR) is 82.5 cm³/mol. The van der Waals surface area contributed by atoms with E-state index in [1.807, 2.05) is 0 Å². The molecule has 0 unspecified atom stereocenters. The van der Waals surface area contributed by atoms with Gasteiger partial charge in [-0.1, -0.05) is 13.0 Å². The van der Waals surface area contributed by atoms with Gasteiger partial charge in [-0.05, 0) is 36.5 Å². The molecule has 0 radical (unpaired) electrons. The standard InChI is InChI=1S/C15H17FN4O3/c1-9-4-5-12(7-13(9)16)17-15(21)10(2)8-19-11(3)6-14(18-19)20(22)23/h4-7,10H,8H2,1-3H3,(H,17,21)/t10-/m1/s1. The molecule has 2 aromatic rings. The van der Waals surface area contributed by atoms with Crippen molar-refractivity contribution in [3.05, 3.63) is 51.5 Å². The van der Waals surface area contributed by atoms with E-state index in [1.54, 1.807) is 32.9 Å². The van der Waals surface area contributed by atoms with Gasteiger partial charge >= 0.3 is 5.82 Å². The summed E-state index contributed by atoms with van der Waals surface area (Å²) < 4.78 is 14.9. The van der Waals surface area contributed by atoms with Gasteiger partial charge in [-0.3, -0.25) is 4.79 Å². The maximum Gasteiger partial charge on any atom is 0.390 e. The minimum absolute atomic E-state index is 0.194. The van der Waals surface area contributed by atoms with Gasteiger partial charge in [-0.15, -0.1) is 0 Å². The van der Waals surface area contributed by atoms with Crippen LogP contribution < -0.4 is 5.32 Å². The van der Waals surface area contributed by atoms with Crippen LogP contribution in [0.2, 0.25) is 0 Å². The molecule has 0 saturated carbocycles. The second-order valence-corrected chi connectivity index (χ2v) is 5.44. The number of amides is 1. The molecule has 1 aromatic heterocycles. The second-order valence-electron chi connectivity index (χ2n) is 5.44. The fourth-order valence-corrected chi connectivity index (χ4v) is 2.05. The summed E-state index contributed by atoms with van der Waals surface area (Å²) in [5.41, 5.74) is 1.46. The second kappa shape index (κ2) is 6.55. The molecule has 1 heterocycles. The molecule has 1 N–H and O–H groups in total. The highest BCUT2D eigenvalue weighted by Crippen LogP contribution is 2.16. The van der Waals surface area contributed by atoms with Crippen molar-refractivity contribution < 1.29 is 14.1 Å². The van der Waals surface area contributed by atoms with Crippen LogP contribution in [0.25, 0.3) is 0 Å². The molecule has 0 aliphatic rings. The molecule has 0 fully saturated rings. The minimum atomic E-state index is -0.580. The summed E-state index contributed by atoms with van der Waals surface area (Å²) in [5.74, 6) is -1.45. The first-order chi connectivity index (χ1) is 10.8. The molecule has 1 atom stereocenters. The van der Waals surface area contributed by atoms with E-state index in [0.717, 1.165) is 0 Å². The van der Waals surface area contributed by atoms with E-state index < -0.39 is 16.7 Å². The molecular formula is C15H17FN4O3. The van der Waals surface area contributed by atoms with Crippen LogP contribution in [0.5, 0.6) is 0 Å². The highest BCUT2D eigenvalue weighted by Gasteiger charge is 2.20. The molecule has 0 aliphatic heterocycles. The van der Waals surface area contributed by atoms with Gasteiger partial charge in [-0.25, -0.2) is 4.39 Å². The highest BCUT2D eigenvalue weighted by molar-refractivity contribution is 5.92. The van der Waals surface area contributed by atoms with Crippen molar-refractivity contribution in [3.8, 4) is 0 Å². The number of carbonyl (C=O) groups is 1. The van der Waals surface area contributed by atoms with Crippen LogP contribution in [0.1, 0.15) is 18.2 Å². The number of hydrogen-bond acceptors (Lipinski definition) is 4. The van der Waals surface area contributed by atoms with Crippen molar-refractivity contribution in [1.82, 2.24) is 9.78 Å². The summed E-state index contributed by atoms with van der Waals surface area (Å²) in [5, 5.41) is 17.2. The highest BCUT2D eigenvalue weighted by atomic mass is 19.1. The minimum Gasteiger partial charge on any atom is -0.358 e. The SMILES string of the molecule is Cc1ccc(NC(=O)[C@H](C)Cn2nc([N+](=O)[O-])cc2C)cc1F. The zero-order valence-electron chi connectivity index (χ0n) is 13.0. The third kappa shape index (κ3) is 3.91. The first-order valence-electron chi connectivity index (χ1n) is 7.03. The quantitative estimate of drug-likeness (QED) is 0.677. The number of halogens is 1. The summed E-state index contributed by atoms with van der Waals surface area (Å²) in [7, 11) is 0. The molecule has 0 bridgehead atoms. The molecule has 1 amide bonds. The first kappa shape index (κ1) is 16.6. The predicted octanol–water partition coefficient (Wildman–Crippen LogP) is 2.82. The van der Waals surface area contributed by atoms with Crippen LogP contribution in [-0.4, -0.2) is 20.6 Å². The average molecular weight is 320 g/mol. The van der Waals surface area contributed by atoms with Crippen molar-refractivity contribution in [3.63, 3.8) is 0 Å². The first-order valence-corrected chi connectivity index (χ1v) is 7.03. The van der Waals surface area contributed by atoms with Crippen LogP contribution in [0.4, 0.5) is 15.9 Å². The number of aromatic nitrogens is 2. The molecular weight excluding hydrogens is 303 g/mol. The van der Waals surface area contributed by atoms with Gasteiger partial charge in [0, 0.05) is 5.69 Å². The van der Waals surface area contributed by atoms with Gasteiger partial charge in [0.05, 0.1) is 29.3 Å². The monoisotopic (exact) mass is 320 g/mol. The van der Waals surface area contributed by atoms with Crippen molar-refractivity contribution >= 4 is 17.4 Å². The van der Waals surface area contributed by atoms with Gasteiger partial charge in [0.1, 0.15) is 5.82 Å². The van der Waals surface area contributed by atoms with E-state index in [4.69, 9.17) is 0 Å². The molecule has 23 heavy (non-hydrogen) atoms. The lowest BCUT2D eigenvalue weighted by molar-refractivity contribution is -0.389. The van der Waals surface area contributed by atoms with Gasteiger partial charge in [-0.2, -0.15) is 4.68 Å². The lowest BCUT2D eigenvalue weighted by Gasteiger charge is -2.12. The molecule has 0 aliphatic carbocycles. The third-order valence-corrected chi connectivity index (χ3v) is 3.49. The Hall–Kier alpha value is -2.77. The van der Waals surface area contributed by atoms with Gasteiger partial charge in [0.15, 0.2) is 0 Å². The zero-order valence-corrected chi connectivity index (χ0v) is 13.0. The topological polar surface area (TPSA) is 90.1 Å². The average Bonchev–Trinajstić information content (AvgIpc) is 2.84. The summed E-state index contributed by atoms with van der Waals surface area (Å²) in [4.78, 5) is 22.3. The molecule has 0 spiro atoms. The molecule has 7 nitrogen and oxygen atoms in total. The maximum absolute atomic E-state index is 13.5. The maximum atomic E-state index is 13.5. The van der Waals surface area contributed by atoms with Crippen LogP contribution >= 0.6 is 0 Å². The smallest absolute Gasteiger partial charge is 0.358 e. The Morgan fingerprint density at radius 3 is 2.70 bits per heavy atom. The van der Waals surface area contributed by atoms with Gasteiger partial charge < -0.3 is 15.4 Å². The van der Waals surface area contributed by atoms with Gasteiger partial charge in [0.25, 0.3) is 0 Å². The molecule has 122 valence electrons. The zero-order chi connectivity index (χ0) is 17.1. The Labute approximate surface area is 132 Å². The lowest BCUT2D eigenvalue weighted by atomic mass is 10.1. The van der Waals surface area contributed by atoms with Crippen molar-refractivity contribution in [2.24, 2.45) is 5.92 Å². The van der Waals surface area contributed by atoms with Crippen LogP contribution in [0, 0.1) is 35.7 Å². The van der Waals surface area contributed by atoms with Crippen molar-refractivity contribution in [2.75, 3.05) is 5.32 Å². The van der Waals surface area contributed by atoms with Crippen LogP contribution in [0.3, 0.4) is 0 Å². The van der Waals surface area contributed by atoms with Crippen LogP contribution in [0.15, 0.2) is 24.3 Å². The van der Waals surface area contributed by atoms with E-state index in [1.165, 1.54) is 16.8 Å². The number of nitrogens with one attached hydrogen (secondary N) is 1. The normalized spacial score (nSPS) is 12.0. The number of anilines is 1. The Kier molecular flexibility index (Phi) is 4.73. The fourth-order valence-electron chi connectivity index (χ4n) is 2.05. The Balaban J connectivity index is 2.05. The van der Waals surface area contributed by atoms with Crippen molar-refractivity contribution in [2.45, 2.75) is 27.3 Å². The van der Waals surface area contributed by atoms with E-state index in [-0.39, 0.29) is 18.3 Å². The number of nitro groups is 1. The summed E-state index contributed by atoms with van der Waals surface area (Å²) in [6.07, 6.45) is 0. The molecule has 2 rings (SSSR count). The van der Waals surface area contributed by atoms with Crippen LogP contribution in [-0.2, 0) is 11.3 Å². The molecule has 8 heteroatoms. The Morgan fingerprint density at radius 2 is 2.13 bits per heavy atom. The Bertz CT molecular complexity index is 757. The van der Waals surface area contributed by atoms with E-state index in [9.17, 15) is 19.3 Å². The summed E-state index contributed by atoms with van der Waals surface area (Å²) in [6.45, 7) is 5.18. The lowest BCUT2D eigenvalue weighted by Crippen LogP contribution is -2.25. The van der Waals surface area contributed by atoms with E-state index >= 15 is 0 Å². The third-order valence-electron chi connectivity index (χ3n) is 3.49. The number of rotatable bonds is 5. The number of hydrogen-bond donors (Lipinski definition) is 1. The fraction of sp³-hybridized carbons (Fsp3) is 0.333. The number of benzene rings is 1. The number of nitrogens with zero attached hydrogens (tertiary/aromatic N) is 3. The number of aryl methyl sites for hydroxylation is 2. The van der Waals surface area contributed by atoms with E-state index in [2.05, 4.69) is 10.4 Å². The summed E-state index contributed by atoms with van der Waals surface area (Å²) in [6, 6.07) is 5.80. The van der Waals surface area contributed by atoms with Crippen molar-refractivity contribution in [1.29, 1.82) is 0 Å². The molecule has 0 saturated heterocycles. The van der Waals surface area contributed by atoms with Gasteiger partial charge in [0.2, 0.25) is 5.91 Å². The largest absolute Gasteiger partial charge is 0.390 e. The number of carbonyl (C=O) groups excluding carboxylic acids is 1. The Morgan fingerprint density at radius 1 is 1.43 bits per heavy atom.